The second kappa shape index (κ2) is 4.00. The summed E-state index contributed by atoms with van der Waals surface area (Å²) in [5.41, 5.74) is 0. The zero-order valence-corrected chi connectivity index (χ0v) is 4.51. The Morgan fingerprint density at radius 3 is 2.88 bits per heavy atom. The molecule has 0 aliphatic rings. The predicted octanol–water partition coefficient (Wildman–Crippen LogP) is 0.750. The van der Waals surface area contributed by atoms with Crippen molar-refractivity contribution >= 4 is 6.16 Å². The monoisotopic (exact) mass is 114 g/mol. The van der Waals surface area contributed by atoms with Crippen LogP contribution in [0.4, 0.5) is 4.79 Å². The van der Waals surface area contributed by atoms with Gasteiger partial charge < -0.3 is 9.47 Å². The highest BCUT2D eigenvalue weighted by Crippen LogP contribution is 1.80. The fourth-order valence-electron chi connectivity index (χ4n) is 0.195. The standard InChI is InChI=1S/C5H6O3/c1-3-7-5(6)8-4-2/h1H,4H2,2H3. The molecule has 0 rings (SSSR count). The lowest BCUT2D eigenvalue weighted by molar-refractivity contribution is 0.0952. The Kier molecular flexibility index (Phi) is 3.42. The van der Waals surface area contributed by atoms with E-state index in [1.165, 1.54) is 0 Å². The molecule has 8 heavy (non-hydrogen) atoms. The first kappa shape index (κ1) is 6.83. The van der Waals surface area contributed by atoms with Crippen LogP contribution in [0.1, 0.15) is 6.92 Å². The van der Waals surface area contributed by atoms with Gasteiger partial charge >= 0.3 is 6.16 Å². The van der Waals surface area contributed by atoms with Gasteiger partial charge in [0.2, 0.25) is 0 Å². The van der Waals surface area contributed by atoms with E-state index < -0.39 is 6.16 Å². The summed E-state index contributed by atoms with van der Waals surface area (Å²) in [6.07, 6.45) is 5.44. The molecule has 0 saturated heterocycles. The molecule has 0 spiro atoms. The molecular formula is C5H6O3. The topological polar surface area (TPSA) is 35.5 Å². The molecule has 0 N–H and O–H groups in total. The van der Waals surface area contributed by atoms with Crippen LogP contribution in [-0.2, 0) is 9.47 Å². The predicted molar refractivity (Wildman–Crippen MR) is 26.9 cm³/mol. The van der Waals surface area contributed by atoms with Crippen molar-refractivity contribution in [3.8, 4) is 12.5 Å². The van der Waals surface area contributed by atoms with Crippen LogP contribution in [0.3, 0.4) is 0 Å². The molecule has 0 aromatic carbocycles. The highest BCUT2D eigenvalue weighted by Gasteiger charge is 1.96. The van der Waals surface area contributed by atoms with Gasteiger partial charge in [-0.1, -0.05) is 6.42 Å². The molecule has 0 aliphatic heterocycles. The zero-order chi connectivity index (χ0) is 6.41. The van der Waals surface area contributed by atoms with Crippen LogP contribution in [0.25, 0.3) is 0 Å². The number of hydrogen-bond acceptors (Lipinski definition) is 3. The molecule has 3 heteroatoms. The van der Waals surface area contributed by atoms with E-state index in [1.54, 1.807) is 13.0 Å². The van der Waals surface area contributed by atoms with E-state index in [0.29, 0.717) is 0 Å². The smallest absolute Gasteiger partial charge is 0.434 e. The van der Waals surface area contributed by atoms with Crippen molar-refractivity contribution in [2.24, 2.45) is 0 Å². The molecule has 0 fully saturated rings. The van der Waals surface area contributed by atoms with Crippen LogP contribution in [-0.4, -0.2) is 12.8 Å². The number of terminal acetylenes is 1. The summed E-state index contributed by atoms with van der Waals surface area (Å²) >= 11 is 0. The fraction of sp³-hybridized carbons (Fsp3) is 0.400. The molecule has 0 bridgehead atoms. The molecular weight excluding hydrogens is 108 g/mol. The third-order valence-corrected chi connectivity index (χ3v) is 0.404. The lowest BCUT2D eigenvalue weighted by Gasteiger charge is -1.93. The molecule has 0 amide bonds. The Hall–Kier alpha value is -1.17. The Labute approximate surface area is 47.6 Å². The third-order valence-electron chi connectivity index (χ3n) is 0.404. The minimum Gasteiger partial charge on any atom is -0.434 e. The first-order chi connectivity index (χ1) is 3.81. The summed E-state index contributed by atoms with van der Waals surface area (Å²) in [5, 5.41) is 0. The Balaban J connectivity index is 3.23. The molecule has 0 radical (unpaired) electrons. The van der Waals surface area contributed by atoms with Gasteiger partial charge in [-0.05, 0) is 6.92 Å². The molecule has 0 heterocycles. The van der Waals surface area contributed by atoms with Gasteiger partial charge in [0, 0.05) is 0 Å². The van der Waals surface area contributed by atoms with Crippen molar-refractivity contribution in [3.63, 3.8) is 0 Å². The second-order valence-electron chi connectivity index (χ2n) is 0.903. The maximum Gasteiger partial charge on any atom is 0.522 e. The summed E-state index contributed by atoms with van der Waals surface area (Å²) in [6.45, 7) is 1.94. The number of ether oxygens (including phenoxy) is 2. The SMILES string of the molecule is C#COC(=O)OCC. The quantitative estimate of drug-likeness (QED) is 0.372. The van der Waals surface area contributed by atoms with Gasteiger partial charge in [-0.2, -0.15) is 0 Å². The number of hydrogen-bond donors (Lipinski definition) is 0. The second-order valence-corrected chi connectivity index (χ2v) is 0.903. The van der Waals surface area contributed by atoms with Crippen molar-refractivity contribution in [2.45, 2.75) is 6.92 Å². The fourth-order valence-corrected chi connectivity index (χ4v) is 0.195. The van der Waals surface area contributed by atoms with Gasteiger partial charge in [-0.25, -0.2) is 4.79 Å². The van der Waals surface area contributed by atoms with E-state index in [0.717, 1.165) is 0 Å². The Bertz CT molecular complexity index is 111. The highest BCUT2D eigenvalue weighted by molar-refractivity contribution is 5.61. The summed E-state index contributed by atoms with van der Waals surface area (Å²) < 4.78 is 8.23. The van der Waals surface area contributed by atoms with E-state index in [1.807, 2.05) is 0 Å². The van der Waals surface area contributed by atoms with Crippen LogP contribution >= 0.6 is 0 Å². The van der Waals surface area contributed by atoms with Crippen molar-refractivity contribution in [1.82, 2.24) is 0 Å². The number of carbonyl (C=O) groups is 1. The van der Waals surface area contributed by atoms with Gasteiger partial charge in [0.15, 0.2) is 0 Å². The molecule has 0 unspecified atom stereocenters. The summed E-state index contributed by atoms with van der Waals surface area (Å²) in [6, 6.07) is 0. The average molecular weight is 114 g/mol. The third kappa shape index (κ3) is 3.04. The van der Waals surface area contributed by atoms with Gasteiger partial charge in [0.25, 0.3) is 0 Å². The lowest BCUT2D eigenvalue weighted by atomic mass is 10.9. The largest absolute Gasteiger partial charge is 0.522 e. The minimum atomic E-state index is -0.824. The number of carbonyl (C=O) groups excluding carboxylic acids is 1. The maximum atomic E-state index is 10.1. The van der Waals surface area contributed by atoms with E-state index in [9.17, 15) is 4.79 Å². The summed E-state index contributed by atoms with van der Waals surface area (Å²) in [7, 11) is 0. The normalized spacial score (nSPS) is 7.00. The van der Waals surface area contributed by atoms with E-state index in [4.69, 9.17) is 0 Å². The molecule has 0 atom stereocenters. The zero-order valence-electron chi connectivity index (χ0n) is 4.51. The number of rotatable bonds is 1. The molecule has 44 valence electrons. The Morgan fingerprint density at radius 1 is 1.88 bits per heavy atom. The van der Waals surface area contributed by atoms with Crippen LogP contribution in [0.5, 0.6) is 0 Å². The molecule has 0 aromatic rings. The van der Waals surface area contributed by atoms with Crippen molar-refractivity contribution < 1.29 is 14.3 Å². The van der Waals surface area contributed by atoms with Crippen LogP contribution in [0.2, 0.25) is 0 Å². The van der Waals surface area contributed by atoms with Gasteiger partial charge in [-0.15, -0.1) is 0 Å². The van der Waals surface area contributed by atoms with Crippen LogP contribution < -0.4 is 0 Å². The highest BCUT2D eigenvalue weighted by atomic mass is 16.7. The van der Waals surface area contributed by atoms with Gasteiger partial charge in [0.05, 0.1) is 6.61 Å². The molecule has 3 nitrogen and oxygen atoms in total. The van der Waals surface area contributed by atoms with E-state index in [-0.39, 0.29) is 6.61 Å². The molecule has 0 saturated carbocycles. The van der Waals surface area contributed by atoms with Crippen molar-refractivity contribution in [1.29, 1.82) is 0 Å². The first-order valence-corrected chi connectivity index (χ1v) is 2.10. The first-order valence-electron chi connectivity index (χ1n) is 2.10. The van der Waals surface area contributed by atoms with Crippen molar-refractivity contribution in [2.75, 3.05) is 6.61 Å². The van der Waals surface area contributed by atoms with Crippen LogP contribution in [0, 0.1) is 12.5 Å². The average Bonchev–Trinajstić information content (AvgIpc) is 1.68. The van der Waals surface area contributed by atoms with E-state index in [2.05, 4.69) is 15.9 Å². The van der Waals surface area contributed by atoms with Crippen LogP contribution in [0.15, 0.2) is 0 Å². The maximum absolute atomic E-state index is 10.1. The molecule has 0 aliphatic carbocycles. The minimum absolute atomic E-state index is 0.278. The van der Waals surface area contributed by atoms with Gasteiger partial charge in [0.1, 0.15) is 6.11 Å². The Morgan fingerprint density at radius 2 is 2.50 bits per heavy atom. The van der Waals surface area contributed by atoms with Gasteiger partial charge in [-0.3, -0.25) is 0 Å². The molecule has 0 aromatic heterocycles. The lowest BCUT2D eigenvalue weighted by Crippen LogP contribution is -2.02. The van der Waals surface area contributed by atoms with Crippen molar-refractivity contribution in [3.05, 3.63) is 0 Å². The summed E-state index contributed by atoms with van der Waals surface area (Å²) in [4.78, 5) is 10.1. The van der Waals surface area contributed by atoms with E-state index >= 15 is 0 Å². The summed E-state index contributed by atoms with van der Waals surface area (Å²) in [5.74, 6) is 0.